The fourth-order valence-corrected chi connectivity index (χ4v) is 5.05. The van der Waals surface area contributed by atoms with Crippen LogP contribution in [0.25, 0.3) is 0 Å². The number of rotatable bonds is 12. The molecule has 2 aromatic rings. The van der Waals surface area contributed by atoms with Crippen LogP contribution in [0.2, 0.25) is 23.2 Å². The summed E-state index contributed by atoms with van der Waals surface area (Å²) in [6.45, 7) is 13.2. The summed E-state index contributed by atoms with van der Waals surface area (Å²) >= 11 is 6.43. The van der Waals surface area contributed by atoms with Crippen LogP contribution in [0.4, 0.5) is 4.39 Å². The number of halogens is 2. The van der Waals surface area contributed by atoms with Gasteiger partial charge in [-0.1, -0.05) is 32.4 Å². The Labute approximate surface area is 220 Å². The molecule has 0 bridgehead atoms. The van der Waals surface area contributed by atoms with Crippen molar-refractivity contribution in [1.82, 2.24) is 5.32 Å². The molecule has 2 rings (SSSR count). The van der Waals surface area contributed by atoms with E-state index in [0.29, 0.717) is 23.4 Å². The zero-order valence-electron chi connectivity index (χ0n) is 22.5. The summed E-state index contributed by atoms with van der Waals surface area (Å²) < 4.78 is 36.8. The summed E-state index contributed by atoms with van der Waals surface area (Å²) in [5.41, 5.74) is 1.36. The van der Waals surface area contributed by atoms with Crippen molar-refractivity contribution in [2.75, 3.05) is 20.8 Å². The lowest BCUT2D eigenvalue weighted by Gasteiger charge is -2.39. The van der Waals surface area contributed by atoms with Crippen LogP contribution in [0.5, 0.6) is 11.5 Å². The van der Waals surface area contributed by atoms with Crippen molar-refractivity contribution in [3.63, 3.8) is 0 Å². The van der Waals surface area contributed by atoms with Gasteiger partial charge in [-0.2, -0.15) is 0 Å². The van der Waals surface area contributed by atoms with E-state index in [0.717, 1.165) is 5.75 Å². The van der Waals surface area contributed by atoms with E-state index in [2.05, 4.69) is 39.2 Å². The van der Waals surface area contributed by atoms with Crippen LogP contribution in [0.3, 0.4) is 0 Å². The fraction of sp³-hybridized carbons (Fsp3) is 0.519. The summed E-state index contributed by atoms with van der Waals surface area (Å²) in [6.07, 6.45) is -0.260. The number of esters is 1. The van der Waals surface area contributed by atoms with Crippen LogP contribution in [0.1, 0.15) is 51.3 Å². The molecule has 0 fully saturated rings. The van der Waals surface area contributed by atoms with E-state index in [1.165, 1.54) is 19.2 Å². The lowest BCUT2D eigenvalue weighted by atomic mass is 10.0. The van der Waals surface area contributed by atoms with Gasteiger partial charge in [0.2, 0.25) is 0 Å². The van der Waals surface area contributed by atoms with E-state index in [4.69, 9.17) is 30.2 Å². The third-order valence-electron chi connectivity index (χ3n) is 6.65. The van der Waals surface area contributed by atoms with Crippen molar-refractivity contribution in [1.29, 1.82) is 0 Å². The molecule has 0 aliphatic carbocycles. The quantitative estimate of drug-likeness (QED) is 0.240. The molecule has 200 valence electrons. The highest BCUT2D eigenvalue weighted by atomic mass is 35.5. The SMILES string of the molecule is COC(=O)CC(CN[C@@H](C)c1cc(F)cc(Cl)c1COc1ccc(OC)cc1)O[Si](C)(C)C(C)(C)C. The van der Waals surface area contributed by atoms with Crippen LogP contribution in [0, 0.1) is 5.82 Å². The molecule has 0 spiro atoms. The second kappa shape index (κ2) is 12.9. The molecule has 9 heteroatoms. The number of hydrogen-bond acceptors (Lipinski definition) is 6. The van der Waals surface area contributed by atoms with Crippen LogP contribution in [-0.4, -0.2) is 41.2 Å². The normalized spacial score (nSPS) is 13.7. The van der Waals surface area contributed by atoms with Gasteiger partial charge in [-0.25, -0.2) is 4.39 Å². The Morgan fingerprint density at radius 1 is 1.11 bits per heavy atom. The van der Waals surface area contributed by atoms with Crippen LogP contribution < -0.4 is 14.8 Å². The average molecular weight is 540 g/mol. The Morgan fingerprint density at radius 2 is 1.72 bits per heavy atom. The molecular formula is C27H39ClFNO5Si. The van der Waals surface area contributed by atoms with Gasteiger partial charge >= 0.3 is 5.97 Å². The standard InChI is InChI=1S/C27H39ClFNO5Si/c1-18(30-16-22(15-26(31)33-6)35-36(7,8)27(2,3)4)23-13-19(29)14-25(28)24(23)17-34-21-11-9-20(32-5)10-12-21/h9-14,18,22,30H,15-17H2,1-8H3/t18-,22?/m0/s1. The maximum Gasteiger partial charge on any atom is 0.308 e. The monoisotopic (exact) mass is 539 g/mol. The van der Waals surface area contributed by atoms with Crippen molar-refractivity contribution < 1.29 is 27.8 Å². The van der Waals surface area contributed by atoms with Crippen molar-refractivity contribution in [3.05, 3.63) is 58.4 Å². The van der Waals surface area contributed by atoms with Crippen LogP contribution in [0.15, 0.2) is 36.4 Å². The molecule has 36 heavy (non-hydrogen) atoms. The van der Waals surface area contributed by atoms with E-state index >= 15 is 0 Å². The summed E-state index contributed by atoms with van der Waals surface area (Å²) in [4.78, 5) is 12.1. The van der Waals surface area contributed by atoms with Gasteiger partial charge in [-0.15, -0.1) is 0 Å². The number of benzene rings is 2. The Bertz CT molecular complexity index is 1010. The van der Waals surface area contributed by atoms with Gasteiger partial charge in [-0.05, 0) is 67.0 Å². The molecule has 6 nitrogen and oxygen atoms in total. The summed E-state index contributed by atoms with van der Waals surface area (Å²) in [5.74, 6) is 0.599. The minimum absolute atomic E-state index is 0.0188. The molecule has 0 aromatic heterocycles. The van der Waals surface area contributed by atoms with Gasteiger partial charge in [0.1, 0.15) is 23.9 Å². The highest BCUT2D eigenvalue weighted by Gasteiger charge is 2.39. The first kappa shape index (κ1) is 30.1. The molecule has 1 unspecified atom stereocenters. The van der Waals surface area contributed by atoms with E-state index in [-0.39, 0.29) is 41.2 Å². The van der Waals surface area contributed by atoms with Gasteiger partial charge in [-0.3, -0.25) is 4.79 Å². The highest BCUT2D eigenvalue weighted by molar-refractivity contribution is 6.74. The zero-order chi connectivity index (χ0) is 27.1. The first-order chi connectivity index (χ1) is 16.8. The maximum atomic E-state index is 14.3. The van der Waals surface area contributed by atoms with E-state index < -0.39 is 14.1 Å². The predicted molar refractivity (Wildman–Crippen MR) is 144 cm³/mol. The van der Waals surface area contributed by atoms with Gasteiger partial charge in [0.05, 0.1) is 31.8 Å². The Morgan fingerprint density at radius 3 is 2.28 bits per heavy atom. The first-order valence-electron chi connectivity index (χ1n) is 12.0. The highest BCUT2D eigenvalue weighted by Crippen LogP contribution is 2.38. The smallest absolute Gasteiger partial charge is 0.308 e. The second-order valence-electron chi connectivity index (χ2n) is 10.3. The molecule has 0 amide bonds. The fourth-order valence-electron chi connectivity index (χ4n) is 3.43. The number of nitrogens with one attached hydrogen (secondary N) is 1. The molecule has 0 aliphatic heterocycles. The Kier molecular flexibility index (Phi) is 10.8. The van der Waals surface area contributed by atoms with Crippen molar-refractivity contribution >= 4 is 25.9 Å². The van der Waals surface area contributed by atoms with Crippen molar-refractivity contribution in [3.8, 4) is 11.5 Å². The molecule has 0 aliphatic rings. The number of ether oxygens (including phenoxy) is 3. The molecule has 1 N–H and O–H groups in total. The van der Waals surface area contributed by atoms with Crippen LogP contribution in [-0.2, 0) is 20.6 Å². The van der Waals surface area contributed by atoms with Crippen LogP contribution >= 0.6 is 11.6 Å². The molecule has 2 aromatic carbocycles. The molecule has 0 saturated carbocycles. The lowest BCUT2D eigenvalue weighted by molar-refractivity contribution is -0.142. The third kappa shape index (κ3) is 8.47. The summed E-state index contributed by atoms with van der Waals surface area (Å²) in [5, 5.41) is 3.67. The lowest BCUT2D eigenvalue weighted by Crippen LogP contribution is -2.47. The van der Waals surface area contributed by atoms with Gasteiger partial charge in [0.25, 0.3) is 0 Å². The van der Waals surface area contributed by atoms with Gasteiger partial charge < -0.3 is 24.0 Å². The average Bonchev–Trinajstić information content (AvgIpc) is 2.80. The number of methoxy groups -OCH3 is 2. The summed E-state index contributed by atoms with van der Waals surface area (Å²) in [7, 11) is 0.823. The number of carbonyl (C=O) groups is 1. The number of carbonyl (C=O) groups excluding carboxylic acids is 1. The topological polar surface area (TPSA) is 66.0 Å². The minimum Gasteiger partial charge on any atom is -0.497 e. The minimum atomic E-state index is -2.14. The van der Waals surface area contributed by atoms with Crippen molar-refractivity contribution in [2.24, 2.45) is 0 Å². The van der Waals surface area contributed by atoms with Crippen molar-refractivity contribution in [2.45, 2.75) is 71.0 Å². The molecular weight excluding hydrogens is 501 g/mol. The molecule has 0 saturated heterocycles. The zero-order valence-corrected chi connectivity index (χ0v) is 24.3. The van der Waals surface area contributed by atoms with E-state index in [1.807, 2.05) is 6.92 Å². The molecule has 2 atom stereocenters. The van der Waals surface area contributed by atoms with E-state index in [1.54, 1.807) is 31.4 Å². The first-order valence-corrected chi connectivity index (χ1v) is 15.3. The maximum absolute atomic E-state index is 14.3. The summed E-state index contributed by atoms with van der Waals surface area (Å²) in [6, 6.07) is 9.66. The van der Waals surface area contributed by atoms with E-state index in [9.17, 15) is 9.18 Å². The predicted octanol–water partition coefficient (Wildman–Crippen LogP) is 6.67. The Hall–Kier alpha value is -2.13. The second-order valence-corrected chi connectivity index (χ2v) is 15.5. The number of hydrogen-bond donors (Lipinski definition) is 1. The Balaban J connectivity index is 2.19. The molecule has 0 radical (unpaired) electrons. The van der Waals surface area contributed by atoms with Gasteiger partial charge in [0, 0.05) is 18.2 Å². The largest absolute Gasteiger partial charge is 0.497 e. The van der Waals surface area contributed by atoms with Gasteiger partial charge in [0.15, 0.2) is 8.32 Å². The third-order valence-corrected chi connectivity index (χ3v) is 11.5. The molecule has 0 heterocycles.